The zero-order valence-corrected chi connectivity index (χ0v) is 13.9. The van der Waals surface area contributed by atoms with E-state index >= 15 is 0 Å². The average Bonchev–Trinajstić information content (AvgIpc) is 2.36. The molecule has 1 nitrogen and oxygen atoms in total. The van der Waals surface area contributed by atoms with Gasteiger partial charge in [0.15, 0.2) is 0 Å². The molecule has 0 saturated heterocycles. The van der Waals surface area contributed by atoms with Crippen LogP contribution in [0.1, 0.15) is 53.0 Å². The molecule has 1 N–H and O–H groups in total. The van der Waals surface area contributed by atoms with Gasteiger partial charge in [0.05, 0.1) is 0 Å². The van der Waals surface area contributed by atoms with Gasteiger partial charge in [0.1, 0.15) is 0 Å². The molecule has 1 aromatic carbocycles. The minimum atomic E-state index is 0.248. The lowest BCUT2D eigenvalue weighted by atomic mass is 9.87. The third-order valence-electron chi connectivity index (χ3n) is 3.30. The summed E-state index contributed by atoms with van der Waals surface area (Å²) in [7, 11) is 0. The highest BCUT2D eigenvalue weighted by atomic mass is 32.2. The van der Waals surface area contributed by atoms with Gasteiger partial charge < -0.3 is 5.32 Å². The molecule has 0 aliphatic rings. The molecule has 0 aromatic heterocycles. The van der Waals surface area contributed by atoms with Crippen LogP contribution in [-0.2, 0) is 5.41 Å². The Morgan fingerprint density at radius 1 is 1.11 bits per heavy atom. The summed E-state index contributed by atoms with van der Waals surface area (Å²) in [5.74, 6) is 1.16. The van der Waals surface area contributed by atoms with E-state index in [9.17, 15) is 0 Å². The van der Waals surface area contributed by atoms with Crippen molar-refractivity contribution < 1.29 is 0 Å². The van der Waals surface area contributed by atoms with Crippen molar-refractivity contribution in [3.8, 4) is 0 Å². The molecule has 2 heteroatoms. The van der Waals surface area contributed by atoms with Crippen molar-refractivity contribution >= 4 is 11.8 Å². The van der Waals surface area contributed by atoms with Gasteiger partial charge in [0.25, 0.3) is 0 Å². The monoisotopic (exact) mass is 279 g/mol. The molecule has 0 aliphatic carbocycles. The maximum Gasteiger partial charge on any atom is 0.0161 e. The summed E-state index contributed by atoms with van der Waals surface area (Å²) in [6.07, 6.45) is 2.52. The quantitative estimate of drug-likeness (QED) is 0.716. The molecule has 0 fully saturated rings. The van der Waals surface area contributed by atoms with Gasteiger partial charge in [-0.1, -0.05) is 53.2 Å². The highest BCUT2D eigenvalue weighted by molar-refractivity contribution is 7.99. The Hall–Kier alpha value is -0.470. The summed E-state index contributed by atoms with van der Waals surface area (Å²) in [5, 5.41) is 3.57. The zero-order chi connectivity index (χ0) is 14.3. The highest BCUT2D eigenvalue weighted by Crippen LogP contribution is 2.26. The van der Waals surface area contributed by atoms with Crippen LogP contribution in [0.25, 0.3) is 0 Å². The van der Waals surface area contributed by atoms with Crippen molar-refractivity contribution in [2.75, 3.05) is 12.3 Å². The maximum absolute atomic E-state index is 3.57. The molecular formula is C17H29NS. The first-order chi connectivity index (χ1) is 8.97. The van der Waals surface area contributed by atoms with Gasteiger partial charge in [0.2, 0.25) is 0 Å². The summed E-state index contributed by atoms with van der Waals surface area (Å²) >= 11 is 1.97. The Balaban J connectivity index is 2.53. The van der Waals surface area contributed by atoms with E-state index in [1.165, 1.54) is 23.3 Å². The van der Waals surface area contributed by atoms with Crippen LogP contribution >= 0.6 is 11.8 Å². The van der Waals surface area contributed by atoms with Gasteiger partial charge in [-0.2, -0.15) is 0 Å². The Morgan fingerprint density at radius 3 is 2.21 bits per heavy atom. The van der Waals surface area contributed by atoms with Crippen LogP contribution < -0.4 is 5.32 Å². The first-order valence-electron chi connectivity index (χ1n) is 7.44. The predicted molar refractivity (Wildman–Crippen MR) is 88.2 cm³/mol. The minimum Gasteiger partial charge on any atom is -0.313 e. The van der Waals surface area contributed by atoms with Crippen molar-refractivity contribution in [2.45, 2.75) is 63.8 Å². The minimum absolute atomic E-state index is 0.248. The van der Waals surface area contributed by atoms with E-state index in [0.717, 1.165) is 12.3 Å². The van der Waals surface area contributed by atoms with Crippen molar-refractivity contribution in [3.05, 3.63) is 29.8 Å². The van der Waals surface area contributed by atoms with E-state index in [2.05, 4.69) is 64.2 Å². The lowest BCUT2D eigenvalue weighted by Crippen LogP contribution is -2.30. The van der Waals surface area contributed by atoms with Gasteiger partial charge in [-0.05, 0) is 36.1 Å². The Kier molecular flexibility index (Phi) is 6.95. The topological polar surface area (TPSA) is 12.0 Å². The third-order valence-corrected chi connectivity index (χ3v) is 4.48. The van der Waals surface area contributed by atoms with Crippen LogP contribution in [-0.4, -0.2) is 18.3 Å². The Bertz CT molecular complexity index is 345. The zero-order valence-electron chi connectivity index (χ0n) is 13.1. The first kappa shape index (κ1) is 16.6. The van der Waals surface area contributed by atoms with Crippen molar-refractivity contribution in [1.82, 2.24) is 5.32 Å². The molecule has 1 atom stereocenters. The van der Waals surface area contributed by atoms with Gasteiger partial charge in [-0.3, -0.25) is 0 Å². The molecular weight excluding hydrogens is 250 g/mol. The SMILES string of the molecule is CCCC(CSc1ccc(C(C)(C)C)cc1)NCC. The van der Waals surface area contributed by atoms with Gasteiger partial charge in [-0.15, -0.1) is 11.8 Å². The van der Waals surface area contributed by atoms with E-state index in [1.807, 2.05) is 11.8 Å². The lowest BCUT2D eigenvalue weighted by Gasteiger charge is -2.20. The van der Waals surface area contributed by atoms with Gasteiger partial charge >= 0.3 is 0 Å². The number of hydrogen-bond acceptors (Lipinski definition) is 2. The molecule has 0 bridgehead atoms. The van der Waals surface area contributed by atoms with Crippen molar-refractivity contribution in [1.29, 1.82) is 0 Å². The molecule has 0 aliphatic heterocycles. The largest absolute Gasteiger partial charge is 0.313 e. The van der Waals surface area contributed by atoms with E-state index in [4.69, 9.17) is 0 Å². The molecule has 19 heavy (non-hydrogen) atoms. The second-order valence-corrected chi connectivity index (χ2v) is 7.22. The fourth-order valence-electron chi connectivity index (χ4n) is 2.13. The lowest BCUT2D eigenvalue weighted by molar-refractivity contribution is 0.531. The number of hydrogen-bond donors (Lipinski definition) is 1. The summed E-state index contributed by atoms with van der Waals surface area (Å²) < 4.78 is 0. The van der Waals surface area contributed by atoms with E-state index < -0.39 is 0 Å². The van der Waals surface area contributed by atoms with Crippen LogP contribution in [0.3, 0.4) is 0 Å². The molecule has 0 saturated carbocycles. The maximum atomic E-state index is 3.57. The average molecular weight is 279 g/mol. The Labute approximate surface area is 123 Å². The molecule has 0 spiro atoms. The first-order valence-corrected chi connectivity index (χ1v) is 8.42. The predicted octanol–water partition coefficient (Wildman–Crippen LogP) is 4.85. The van der Waals surface area contributed by atoms with Crippen LogP contribution in [0.15, 0.2) is 29.2 Å². The second-order valence-electron chi connectivity index (χ2n) is 6.13. The summed E-state index contributed by atoms with van der Waals surface area (Å²) in [6.45, 7) is 12.3. The molecule has 1 unspecified atom stereocenters. The number of nitrogens with one attached hydrogen (secondary N) is 1. The molecule has 0 heterocycles. The Morgan fingerprint density at radius 2 is 1.74 bits per heavy atom. The van der Waals surface area contributed by atoms with Crippen molar-refractivity contribution in [3.63, 3.8) is 0 Å². The summed E-state index contributed by atoms with van der Waals surface area (Å²) in [6, 6.07) is 9.71. The molecule has 108 valence electrons. The highest BCUT2D eigenvalue weighted by Gasteiger charge is 2.13. The molecule has 0 radical (unpaired) electrons. The summed E-state index contributed by atoms with van der Waals surface area (Å²) in [4.78, 5) is 1.38. The number of benzene rings is 1. The van der Waals surface area contributed by atoms with E-state index in [1.54, 1.807) is 0 Å². The van der Waals surface area contributed by atoms with E-state index in [-0.39, 0.29) is 5.41 Å². The third kappa shape index (κ3) is 6.01. The molecule has 0 amide bonds. The normalized spacial score (nSPS) is 13.5. The van der Waals surface area contributed by atoms with Crippen LogP contribution in [0.4, 0.5) is 0 Å². The van der Waals surface area contributed by atoms with Crippen LogP contribution in [0, 0.1) is 0 Å². The fraction of sp³-hybridized carbons (Fsp3) is 0.647. The number of rotatable bonds is 7. The van der Waals surface area contributed by atoms with E-state index in [0.29, 0.717) is 6.04 Å². The van der Waals surface area contributed by atoms with Crippen LogP contribution in [0.2, 0.25) is 0 Å². The smallest absolute Gasteiger partial charge is 0.0161 e. The van der Waals surface area contributed by atoms with Gasteiger partial charge in [-0.25, -0.2) is 0 Å². The van der Waals surface area contributed by atoms with Crippen molar-refractivity contribution in [2.24, 2.45) is 0 Å². The second kappa shape index (κ2) is 7.96. The number of thioether (sulfide) groups is 1. The van der Waals surface area contributed by atoms with Gasteiger partial charge in [0, 0.05) is 16.7 Å². The van der Waals surface area contributed by atoms with Crippen LogP contribution in [0.5, 0.6) is 0 Å². The summed E-state index contributed by atoms with van der Waals surface area (Å²) in [5.41, 5.74) is 1.66. The molecule has 1 rings (SSSR count). The fourth-order valence-corrected chi connectivity index (χ4v) is 3.14. The standard InChI is InChI=1S/C17H29NS/c1-6-8-15(18-7-2)13-19-16-11-9-14(10-12-16)17(3,4)5/h9-12,15,18H,6-8,13H2,1-5H3. The molecule has 1 aromatic rings.